The van der Waals surface area contributed by atoms with E-state index in [1.54, 1.807) is 6.20 Å². The van der Waals surface area contributed by atoms with E-state index in [-0.39, 0.29) is 0 Å². The second-order valence-electron chi connectivity index (χ2n) is 4.53. The van der Waals surface area contributed by atoms with E-state index in [1.165, 1.54) is 16.3 Å². The Morgan fingerprint density at radius 2 is 1.85 bits per heavy atom. The summed E-state index contributed by atoms with van der Waals surface area (Å²) < 4.78 is 0.905. The predicted octanol–water partition coefficient (Wildman–Crippen LogP) is 5.26. The molecule has 0 saturated carbocycles. The molecule has 100 valence electrons. The summed E-state index contributed by atoms with van der Waals surface area (Å²) in [4.78, 5) is 4.10. The summed E-state index contributed by atoms with van der Waals surface area (Å²) in [5, 5.41) is 6.28. The summed E-state index contributed by atoms with van der Waals surface area (Å²) in [5.74, 6) is 0. The molecule has 2 aromatic carbocycles. The lowest BCUT2D eigenvalue weighted by molar-refractivity contribution is 1.14. The molecule has 0 aliphatic heterocycles. The molecule has 3 rings (SSSR count). The zero-order valence-corrected chi connectivity index (χ0v) is 12.9. The van der Waals surface area contributed by atoms with Crippen LogP contribution in [0.5, 0.6) is 0 Å². The number of anilines is 1. The molecule has 0 amide bonds. The molecular weight excluding hydrogens is 336 g/mol. The van der Waals surface area contributed by atoms with Crippen molar-refractivity contribution in [2.45, 2.75) is 6.54 Å². The van der Waals surface area contributed by atoms with Crippen molar-refractivity contribution in [3.05, 3.63) is 69.9 Å². The highest BCUT2D eigenvalue weighted by atomic mass is 79.9. The van der Waals surface area contributed by atoms with Gasteiger partial charge in [0.25, 0.3) is 0 Å². The second kappa shape index (κ2) is 5.81. The average Bonchev–Trinajstić information content (AvgIpc) is 2.48. The quantitative estimate of drug-likeness (QED) is 0.653. The number of aromatic nitrogens is 1. The number of fused-ring (bicyclic) bond motifs is 1. The Bertz CT molecular complexity index is 758. The molecule has 1 aromatic heterocycles. The topological polar surface area (TPSA) is 24.9 Å². The van der Waals surface area contributed by atoms with Crippen LogP contribution >= 0.6 is 27.5 Å². The minimum absolute atomic E-state index is 0.481. The molecule has 0 unspecified atom stereocenters. The molecule has 0 atom stereocenters. The van der Waals surface area contributed by atoms with Gasteiger partial charge in [-0.05, 0) is 44.4 Å². The summed E-state index contributed by atoms with van der Waals surface area (Å²) in [5.41, 5.74) is 2.04. The van der Waals surface area contributed by atoms with Gasteiger partial charge in [-0.1, -0.05) is 48.0 Å². The normalized spacial score (nSPS) is 10.7. The van der Waals surface area contributed by atoms with Crippen LogP contribution < -0.4 is 5.32 Å². The molecule has 0 fully saturated rings. The lowest BCUT2D eigenvalue weighted by Gasteiger charge is -2.09. The Balaban J connectivity index is 1.81. The number of nitrogens with one attached hydrogen (secondary N) is 1. The maximum absolute atomic E-state index is 6.06. The van der Waals surface area contributed by atoms with E-state index >= 15 is 0 Å². The van der Waals surface area contributed by atoms with Crippen LogP contribution in [-0.4, -0.2) is 4.98 Å². The van der Waals surface area contributed by atoms with Gasteiger partial charge in [0.05, 0.1) is 5.69 Å². The van der Waals surface area contributed by atoms with Crippen LogP contribution in [0.4, 0.5) is 5.69 Å². The van der Waals surface area contributed by atoms with E-state index in [2.05, 4.69) is 62.6 Å². The summed E-state index contributed by atoms with van der Waals surface area (Å²) in [6.07, 6.45) is 1.68. The third-order valence-electron chi connectivity index (χ3n) is 3.10. The first-order valence-corrected chi connectivity index (χ1v) is 7.42. The summed E-state index contributed by atoms with van der Waals surface area (Å²) in [6.45, 7) is 0.711. The number of hydrogen-bond acceptors (Lipinski definition) is 2. The molecule has 0 radical (unpaired) electrons. The minimum atomic E-state index is 0.481. The van der Waals surface area contributed by atoms with Crippen molar-refractivity contribution in [1.82, 2.24) is 4.98 Å². The fourth-order valence-corrected chi connectivity index (χ4v) is 2.59. The van der Waals surface area contributed by atoms with Crippen molar-refractivity contribution >= 4 is 44.0 Å². The van der Waals surface area contributed by atoms with Crippen LogP contribution in [0.15, 0.2) is 59.2 Å². The SMILES string of the molecule is Clc1ncc(Br)cc1NCc1ccc2ccccc2c1. The first kappa shape index (κ1) is 13.4. The molecule has 0 bridgehead atoms. The van der Waals surface area contributed by atoms with Crippen LogP contribution in [0, 0.1) is 0 Å². The lowest BCUT2D eigenvalue weighted by atomic mass is 10.1. The van der Waals surface area contributed by atoms with Crippen molar-refractivity contribution in [2.75, 3.05) is 5.32 Å². The van der Waals surface area contributed by atoms with Gasteiger partial charge >= 0.3 is 0 Å². The molecule has 20 heavy (non-hydrogen) atoms. The van der Waals surface area contributed by atoms with Crippen molar-refractivity contribution in [1.29, 1.82) is 0 Å². The Morgan fingerprint density at radius 3 is 2.70 bits per heavy atom. The summed E-state index contributed by atoms with van der Waals surface area (Å²) >= 11 is 9.46. The number of pyridine rings is 1. The Morgan fingerprint density at radius 1 is 1.05 bits per heavy atom. The van der Waals surface area contributed by atoms with Gasteiger partial charge in [-0.25, -0.2) is 4.98 Å². The number of nitrogens with zero attached hydrogens (tertiary/aromatic N) is 1. The zero-order chi connectivity index (χ0) is 13.9. The van der Waals surface area contributed by atoms with Gasteiger partial charge in [0.2, 0.25) is 0 Å². The Hall–Kier alpha value is -1.58. The summed E-state index contributed by atoms with van der Waals surface area (Å²) in [7, 11) is 0. The molecule has 1 N–H and O–H groups in total. The van der Waals surface area contributed by atoms with Crippen LogP contribution in [0.25, 0.3) is 10.8 Å². The summed E-state index contributed by atoms with van der Waals surface area (Å²) in [6, 6.07) is 16.7. The van der Waals surface area contributed by atoms with Gasteiger partial charge in [-0.2, -0.15) is 0 Å². The highest BCUT2D eigenvalue weighted by Crippen LogP contribution is 2.24. The third kappa shape index (κ3) is 2.94. The van der Waals surface area contributed by atoms with E-state index < -0.39 is 0 Å². The largest absolute Gasteiger partial charge is 0.378 e. The monoisotopic (exact) mass is 346 g/mol. The molecule has 1 heterocycles. The van der Waals surface area contributed by atoms with Gasteiger partial charge in [-0.15, -0.1) is 0 Å². The zero-order valence-electron chi connectivity index (χ0n) is 10.6. The molecule has 4 heteroatoms. The van der Waals surface area contributed by atoms with Crippen molar-refractivity contribution in [3.63, 3.8) is 0 Å². The van der Waals surface area contributed by atoms with Crippen molar-refractivity contribution in [2.24, 2.45) is 0 Å². The molecular formula is C16H12BrClN2. The molecule has 2 nitrogen and oxygen atoms in total. The van der Waals surface area contributed by atoms with E-state index in [9.17, 15) is 0 Å². The Kier molecular flexibility index (Phi) is 3.90. The number of benzene rings is 2. The van der Waals surface area contributed by atoms with E-state index in [4.69, 9.17) is 11.6 Å². The maximum atomic E-state index is 6.06. The van der Waals surface area contributed by atoms with Crippen LogP contribution in [0.3, 0.4) is 0 Å². The van der Waals surface area contributed by atoms with Gasteiger partial charge in [0, 0.05) is 17.2 Å². The van der Waals surface area contributed by atoms with E-state index in [0.29, 0.717) is 11.7 Å². The van der Waals surface area contributed by atoms with Crippen LogP contribution in [-0.2, 0) is 6.54 Å². The highest BCUT2D eigenvalue weighted by molar-refractivity contribution is 9.10. The number of hydrogen-bond donors (Lipinski definition) is 1. The number of halogens is 2. The highest BCUT2D eigenvalue weighted by Gasteiger charge is 2.03. The first-order valence-electron chi connectivity index (χ1n) is 6.25. The minimum Gasteiger partial charge on any atom is -0.378 e. The standard InChI is InChI=1S/C16H12BrClN2/c17-14-8-15(16(18)20-10-14)19-9-11-5-6-12-3-1-2-4-13(12)7-11/h1-8,10,19H,9H2. The van der Waals surface area contributed by atoms with Gasteiger partial charge in [-0.3, -0.25) is 0 Å². The second-order valence-corrected chi connectivity index (χ2v) is 5.80. The predicted molar refractivity (Wildman–Crippen MR) is 88.2 cm³/mol. The molecule has 0 saturated heterocycles. The van der Waals surface area contributed by atoms with Crippen LogP contribution in [0.1, 0.15) is 5.56 Å². The van der Waals surface area contributed by atoms with Crippen molar-refractivity contribution < 1.29 is 0 Å². The smallest absolute Gasteiger partial charge is 0.152 e. The molecule has 0 aliphatic rings. The fourth-order valence-electron chi connectivity index (χ4n) is 2.09. The Labute approximate surface area is 130 Å². The third-order valence-corrected chi connectivity index (χ3v) is 3.84. The first-order chi connectivity index (χ1) is 9.72. The average molecular weight is 348 g/mol. The van der Waals surface area contributed by atoms with E-state index in [0.717, 1.165) is 10.2 Å². The van der Waals surface area contributed by atoms with E-state index in [1.807, 2.05) is 12.1 Å². The maximum Gasteiger partial charge on any atom is 0.152 e. The number of rotatable bonds is 3. The van der Waals surface area contributed by atoms with Crippen LogP contribution in [0.2, 0.25) is 5.15 Å². The fraction of sp³-hybridized carbons (Fsp3) is 0.0625. The van der Waals surface area contributed by atoms with Crippen molar-refractivity contribution in [3.8, 4) is 0 Å². The molecule has 3 aromatic rings. The van der Waals surface area contributed by atoms with Gasteiger partial charge in [0.15, 0.2) is 5.15 Å². The van der Waals surface area contributed by atoms with Gasteiger partial charge < -0.3 is 5.32 Å². The molecule has 0 aliphatic carbocycles. The lowest BCUT2D eigenvalue weighted by Crippen LogP contribution is -2.00. The van der Waals surface area contributed by atoms with Gasteiger partial charge in [0.1, 0.15) is 0 Å². The molecule has 0 spiro atoms.